The van der Waals surface area contributed by atoms with E-state index in [1.807, 2.05) is 11.8 Å². The second-order valence-corrected chi connectivity index (χ2v) is 6.16. The maximum atomic E-state index is 12.7. The summed E-state index contributed by atoms with van der Waals surface area (Å²) in [7, 11) is 1.72. The second-order valence-electron chi connectivity index (χ2n) is 6.16. The Kier molecular flexibility index (Phi) is 4.04. The lowest BCUT2D eigenvalue weighted by Crippen LogP contribution is -2.58. The van der Waals surface area contributed by atoms with Crippen LogP contribution in [0.5, 0.6) is 0 Å². The van der Waals surface area contributed by atoms with E-state index in [-0.39, 0.29) is 17.4 Å². The Morgan fingerprint density at radius 3 is 3.14 bits per heavy atom. The van der Waals surface area contributed by atoms with Crippen molar-refractivity contribution >= 4 is 5.91 Å². The molecule has 21 heavy (non-hydrogen) atoms. The highest BCUT2D eigenvalue weighted by molar-refractivity contribution is 5.95. The van der Waals surface area contributed by atoms with Gasteiger partial charge in [-0.25, -0.2) is 0 Å². The highest BCUT2D eigenvalue weighted by Crippen LogP contribution is 2.40. The van der Waals surface area contributed by atoms with Gasteiger partial charge in [0.1, 0.15) is 5.76 Å². The molecule has 2 fully saturated rings. The maximum Gasteiger partial charge on any atom is 0.257 e. The van der Waals surface area contributed by atoms with Crippen molar-refractivity contribution in [2.24, 2.45) is 5.41 Å². The first kappa shape index (κ1) is 14.6. The van der Waals surface area contributed by atoms with E-state index in [0.717, 1.165) is 32.4 Å². The molecule has 1 amide bonds. The predicted octanol–water partition coefficient (Wildman–Crippen LogP) is 2.25. The van der Waals surface area contributed by atoms with Gasteiger partial charge in [0, 0.05) is 32.2 Å². The number of fused-ring (bicyclic) bond motifs is 1. The molecule has 0 bridgehead atoms. The minimum Gasteiger partial charge on any atom is -0.469 e. The summed E-state index contributed by atoms with van der Waals surface area (Å²) in [6.45, 7) is 4.74. The van der Waals surface area contributed by atoms with Gasteiger partial charge >= 0.3 is 0 Å². The van der Waals surface area contributed by atoms with Crippen LogP contribution in [0.25, 0.3) is 0 Å². The minimum atomic E-state index is -0.0570. The number of amides is 1. The SMILES string of the molecule is COC[C@@]12CCCO[C@@H]1CCN(C(=O)c1ccoc1C)C2. The van der Waals surface area contributed by atoms with E-state index in [1.165, 1.54) is 0 Å². The Bertz CT molecular complexity index is 508. The molecule has 1 aromatic heterocycles. The van der Waals surface area contributed by atoms with Gasteiger partial charge in [-0.1, -0.05) is 0 Å². The van der Waals surface area contributed by atoms with E-state index in [0.29, 0.717) is 24.5 Å². The van der Waals surface area contributed by atoms with Crippen LogP contribution < -0.4 is 0 Å². The third-order valence-electron chi connectivity index (χ3n) is 4.80. The van der Waals surface area contributed by atoms with E-state index in [9.17, 15) is 4.79 Å². The number of carbonyl (C=O) groups is 1. The zero-order chi connectivity index (χ0) is 14.9. The molecule has 2 aliphatic rings. The third kappa shape index (κ3) is 2.60. The van der Waals surface area contributed by atoms with Crippen LogP contribution in [0.4, 0.5) is 0 Å². The van der Waals surface area contributed by atoms with E-state index in [1.54, 1.807) is 19.4 Å². The molecule has 0 radical (unpaired) electrons. The van der Waals surface area contributed by atoms with Gasteiger partial charge in [-0.05, 0) is 32.3 Å². The van der Waals surface area contributed by atoms with Gasteiger partial charge in [0.25, 0.3) is 5.91 Å². The van der Waals surface area contributed by atoms with Crippen LogP contribution >= 0.6 is 0 Å². The first-order valence-electron chi connectivity index (χ1n) is 7.60. The third-order valence-corrected chi connectivity index (χ3v) is 4.80. The summed E-state index contributed by atoms with van der Waals surface area (Å²) in [6, 6.07) is 1.75. The molecule has 2 atom stereocenters. The smallest absolute Gasteiger partial charge is 0.257 e. The number of furan rings is 1. The number of piperidine rings is 1. The van der Waals surface area contributed by atoms with Crippen LogP contribution in [0.3, 0.4) is 0 Å². The molecule has 0 aromatic carbocycles. The summed E-state index contributed by atoms with van der Waals surface area (Å²) in [5.41, 5.74) is 0.608. The molecule has 0 spiro atoms. The lowest BCUT2D eigenvalue weighted by molar-refractivity contribution is -0.142. The summed E-state index contributed by atoms with van der Waals surface area (Å²) in [5.74, 6) is 0.739. The fraction of sp³-hybridized carbons (Fsp3) is 0.688. The van der Waals surface area contributed by atoms with Gasteiger partial charge in [-0.2, -0.15) is 0 Å². The standard InChI is InChI=1S/C16H23NO4/c1-12-13(5-9-20-12)15(18)17-7-4-14-16(10-17,11-19-2)6-3-8-21-14/h5,9,14H,3-4,6-8,10-11H2,1-2H3/t14-,16+/m1/s1. The molecule has 3 rings (SSSR count). The molecule has 0 unspecified atom stereocenters. The number of hydrogen-bond donors (Lipinski definition) is 0. The van der Waals surface area contributed by atoms with Gasteiger partial charge in [-0.3, -0.25) is 4.79 Å². The Morgan fingerprint density at radius 1 is 1.57 bits per heavy atom. The Hall–Kier alpha value is -1.33. The average molecular weight is 293 g/mol. The Morgan fingerprint density at radius 2 is 2.43 bits per heavy atom. The molecule has 5 nitrogen and oxygen atoms in total. The van der Waals surface area contributed by atoms with Crippen molar-refractivity contribution in [3.05, 3.63) is 23.7 Å². The van der Waals surface area contributed by atoms with Crippen LogP contribution in [0.1, 0.15) is 35.4 Å². The van der Waals surface area contributed by atoms with Crippen molar-refractivity contribution < 1.29 is 18.7 Å². The number of hydrogen-bond acceptors (Lipinski definition) is 4. The number of methoxy groups -OCH3 is 1. The monoisotopic (exact) mass is 293 g/mol. The molecule has 5 heteroatoms. The lowest BCUT2D eigenvalue weighted by atomic mass is 9.73. The first-order valence-corrected chi connectivity index (χ1v) is 7.60. The zero-order valence-electron chi connectivity index (χ0n) is 12.8. The van der Waals surface area contributed by atoms with Crippen LogP contribution in [0, 0.1) is 12.3 Å². The topological polar surface area (TPSA) is 51.9 Å². The van der Waals surface area contributed by atoms with Crippen molar-refractivity contribution in [2.75, 3.05) is 33.4 Å². The van der Waals surface area contributed by atoms with E-state index < -0.39 is 0 Å². The molecule has 2 saturated heterocycles. The van der Waals surface area contributed by atoms with Gasteiger partial charge in [0.05, 0.1) is 24.5 Å². The summed E-state index contributed by atoms with van der Waals surface area (Å²) >= 11 is 0. The van der Waals surface area contributed by atoms with Crippen molar-refractivity contribution in [1.29, 1.82) is 0 Å². The lowest BCUT2D eigenvalue weighted by Gasteiger charge is -2.50. The number of ether oxygens (including phenoxy) is 2. The molecule has 0 saturated carbocycles. The summed E-state index contributed by atoms with van der Waals surface area (Å²) < 4.78 is 16.7. The number of rotatable bonds is 3. The van der Waals surface area contributed by atoms with Crippen molar-refractivity contribution in [3.8, 4) is 0 Å². The van der Waals surface area contributed by atoms with Crippen LogP contribution in [0.2, 0.25) is 0 Å². The summed E-state index contributed by atoms with van der Waals surface area (Å²) in [6.07, 6.45) is 4.75. The Balaban J connectivity index is 1.80. The molecule has 2 aliphatic heterocycles. The Labute approximate surface area is 125 Å². The van der Waals surface area contributed by atoms with Gasteiger partial charge < -0.3 is 18.8 Å². The quantitative estimate of drug-likeness (QED) is 0.857. The van der Waals surface area contributed by atoms with Crippen LogP contribution in [-0.2, 0) is 9.47 Å². The van der Waals surface area contributed by atoms with Gasteiger partial charge in [0.15, 0.2) is 0 Å². The fourth-order valence-corrected chi connectivity index (χ4v) is 3.74. The van der Waals surface area contributed by atoms with Gasteiger partial charge in [0.2, 0.25) is 0 Å². The van der Waals surface area contributed by atoms with E-state index in [2.05, 4.69) is 0 Å². The van der Waals surface area contributed by atoms with Crippen molar-refractivity contribution in [3.63, 3.8) is 0 Å². The largest absolute Gasteiger partial charge is 0.469 e. The normalized spacial score (nSPS) is 29.2. The number of aryl methyl sites for hydroxylation is 1. The number of nitrogens with zero attached hydrogens (tertiary/aromatic N) is 1. The van der Waals surface area contributed by atoms with E-state index >= 15 is 0 Å². The molecule has 1 aromatic rings. The van der Waals surface area contributed by atoms with Crippen molar-refractivity contribution in [2.45, 2.75) is 32.3 Å². The number of carbonyl (C=O) groups excluding carboxylic acids is 1. The summed E-state index contributed by atoms with van der Waals surface area (Å²) in [5, 5.41) is 0. The van der Waals surface area contributed by atoms with Crippen LogP contribution in [-0.4, -0.2) is 50.3 Å². The molecule has 0 N–H and O–H groups in total. The molecular formula is C16H23NO4. The van der Waals surface area contributed by atoms with Gasteiger partial charge in [-0.15, -0.1) is 0 Å². The summed E-state index contributed by atoms with van der Waals surface area (Å²) in [4.78, 5) is 14.6. The molecule has 3 heterocycles. The molecule has 116 valence electrons. The average Bonchev–Trinajstić information content (AvgIpc) is 2.92. The van der Waals surface area contributed by atoms with Crippen molar-refractivity contribution in [1.82, 2.24) is 4.90 Å². The second kappa shape index (κ2) is 5.81. The predicted molar refractivity (Wildman–Crippen MR) is 77.2 cm³/mol. The molecule has 0 aliphatic carbocycles. The fourth-order valence-electron chi connectivity index (χ4n) is 3.74. The number of likely N-dealkylation sites (tertiary alicyclic amines) is 1. The van der Waals surface area contributed by atoms with E-state index in [4.69, 9.17) is 13.9 Å². The maximum absolute atomic E-state index is 12.7. The van der Waals surface area contributed by atoms with Crippen LogP contribution in [0.15, 0.2) is 16.7 Å². The first-order chi connectivity index (χ1) is 10.2. The highest BCUT2D eigenvalue weighted by atomic mass is 16.5. The highest BCUT2D eigenvalue weighted by Gasteiger charge is 2.47. The zero-order valence-corrected chi connectivity index (χ0v) is 12.8. The minimum absolute atomic E-state index is 0.0563. The molecular weight excluding hydrogens is 270 g/mol.